The minimum atomic E-state index is 0.690. The Bertz CT molecular complexity index is 418. The molecule has 0 aliphatic heterocycles. The highest BCUT2D eigenvalue weighted by Crippen LogP contribution is 2.31. The third-order valence-electron chi connectivity index (χ3n) is 2.56. The van der Waals surface area contributed by atoms with Crippen molar-refractivity contribution < 1.29 is 4.79 Å². The number of hydrogen-bond acceptors (Lipinski definition) is 3. The fraction of sp³-hybridized carbons (Fsp3) is 0.417. The highest BCUT2D eigenvalue weighted by Gasteiger charge is 2.09. The smallest absolute Gasteiger partial charge is 0.240 e. The van der Waals surface area contributed by atoms with Gasteiger partial charge in [0, 0.05) is 5.69 Å². The molecule has 1 aromatic carbocycles. The molecule has 0 atom stereocenters. The van der Waals surface area contributed by atoms with Gasteiger partial charge in [-0.3, -0.25) is 0 Å². The van der Waals surface area contributed by atoms with Gasteiger partial charge in [-0.15, -0.1) is 0 Å². The molecule has 0 radical (unpaired) electrons. The summed E-state index contributed by atoms with van der Waals surface area (Å²) in [4.78, 5) is 14.1. The van der Waals surface area contributed by atoms with Crippen LogP contribution in [0.4, 0.5) is 11.4 Å². The predicted molar refractivity (Wildman–Crippen MR) is 62.1 cm³/mol. The summed E-state index contributed by atoms with van der Waals surface area (Å²) in [5.41, 5.74) is 10.3. The molecule has 0 saturated heterocycles. The van der Waals surface area contributed by atoms with Gasteiger partial charge < -0.3 is 5.73 Å². The van der Waals surface area contributed by atoms with Crippen LogP contribution in [-0.4, -0.2) is 6.08 Å². The summed E-state index contributed by atoms with van der Waals surface area (Å²) in [5, 5.41) is 0. The van der Waals surface area contributed by atoms with Gasteiger partial charge in [-0.25, -0.2) is 4.79 Å². The number of benzene rings is 1. The van der Waals surface area contributed by atoms with Crippen LogP contribution in [0.3, 0.4) is 0 Å². The molecule has 1 aromatic rings. The second-order valence-electron chi connectivity index (χ2n) is 3.69. The minimum Gasteiger partial charge on any atom is -0.398 e. The molecular formula is C12H16N2O. The summed E-state index contributed by atoms with van der Waals surface area (Å²) in [6, 6.07) is 2.00. The van der Waals surface area contributed by atoms with E-state index in [9.17, 15) is 4.79 Å². The molecule has 0 spiro atoms. The average Bonchev–Trinajstić information content (AvgIpc) is 2.21. The number of nitrogens with zero attached hydrogens (tertiary/aromatic N) is 1. The summed E-state index contributed by atoms with van der Waals surface area (Å²) in [6.45, 7) is 5.95. The van der Waals surface area contributed by atoms with Crippen molar-refractivity contribution in [3.8, 4) is 0 Å². The molecular weight excluding hydrogens is 188 g/mol. The second kappa shape index (κ2) is 4.76. The van der Waals surface area contributed by atoms with Gasteiger partial charge in [-0.2, -0.15) is 4.99 Å². The Hall–Kier alpha value is -1.60. The normalized spacial score (nSPS) is 9.80. The van der Waals surface area contributed by atoms with Crippen molar-refractivity contribution >= 4 is 17.5 Å². The summed E-state index contributed by atoms with van der Waals surface area (Å²) in [5.74, 6) is 0. The topological polar surface area (TPSA) is 55.4 Å². The van der Waals surface area contributed by atoms with Crippen LogP contribution in [0.1, 0.15) is 30.0 Å². The Kier molecular flexibility index (Phi) is 3.64. The van der Waals surface area contributed by atoms with Gasteiger partial charge in [0.2, 0.25) is 6.08 Å². The van der Waals surface area contributed by atoms with Crippen LogP contribution < -0.4 is 5.73 Å². The van der Waals surface area contributed by atoms with Crippen LogP contribution in [-0.2, 0) is 11.2 Å². The number of rotatable bonds is 3. The lowest BCUT2D eigenvalue weighted by Crippen LogP contribution is -1.97. The first-order valence-electron chi connectivity index (χ1n) is 5.08. The van der Waals surface area contributed by atoms with E-state index in [1.165, 1.54) is 0 Å². The number of hydrogen-bond donors (Lipinski definition) is 1. The number of nitrogens with two attached hydrogens (primary N) is 1. The Morgan fingerprint density at radius 1 is 1.47 bits per heavy atom. The van der Waals surface area contributed by atoms with E-state index >= 15 is 0 Å². The van der Waals surface area contributed by atoms with E-state index in [1.807, 2.05) is 19.9 Å². The minimum absolute atomic E-state index is 0.690. The van der Waals surface area contributed by atoms with Crippen molar-refractivity contribution in [2.45, 2.75) is 33.6 Å². The molecule has 0 bridgehead atoms. The zero-order chi connectivity index (χ0) is 11.4. The van der Waals surface area contributed by atoms with Gasteiger partial charge in [0.05, 0.1) is 5.69 Å². The van der Waals surface area contributed by atoms with Gasteiger partial charge in [0.1, 0.15) is 0 Å². The maximum Gasteiger partial charge on any atom is 0.240 e. The summed E-state index contributed by atoms with van der Waals surface area (Å²) < 4.78 is 0. The molecule has 0 heterocycles. The quantitative estimate of drug-likeness (QED) is 0.467. The summed E-state index contributed by atoms with van der Waals surface area (Å²) in [7, 11) is 0. The lowest BCUT2D eigenvalue weighted by molar-refractivity contribution is 0.565. The molecule has 0 fully saturated rings. The third kappa shape index (κ3) is 2.25. The van der Waals surface area contributed by atoms with Gasteiger partial charge in [0.15, 0.2) is 0 Å². The molecule has 3 heteroatoms. The van der Waals surface area contributed by atoms with Gasteiger partial charge in [0.25, 0.3) is 0 Å². The molecule has 1 rings (SSSR count). The third-order valence-corrected chi connectivity index (χ3v) is 2.56. The number of anilines is 1. The SMILES string of the molecule is CCCc1cc(C)c(N)c(C)c1N=C=O. The van der Waals surface area contributed by atoms with Crippen molar-refractivity contribution in [3.63, 3.8) is 0 Å². The molecule has 0 aliphatic carbocycles. The molecule has 15 heavy (non-hydrogen) atoms. The lowest BCUT2D eigenvalue weighted by atomic mass is 9.99. The fourth-order valence-electron chi connectivity index (χ4n) is 1.73. The number of aliphatic imine (C=N–C) groups is 1. The molecule has 0 aromatic heterocycles. The van der Waals surface area contributed by atoms with Gasteiger partial charge >= 0.3 is 0 Å². The van der Waals surface area contributed by atoms with Crippen LogP contribution in [0.25, 0.3) is 0 Å². The zero-order valence-corrected chi connectivity index (χ0v) is 9.42. The molecule has 0 unspecified atom stereocenters. The van der Waals surface area contributed by atoms with E-state index in [0.29, 0.717) is 11.4 Å². The van der Waals surface area contributed by atoms with Crippen molar-refractivity contribution in [2.24, 2.45) is 4.99 Å². The van der Waals surface area contributed by atoms with E-state index in [2.05, 4.69) is 11.9 Å². The molecule has 0 aliphatic rings. The van der Waals surface area contributed by atoms with Crippen LogP contribution >= 0.6 is 0 Å². The van der Waals surface area contributed by atoms with Gasteiger partial charge in [-0.1, -0.05) is 19.4 Å². The van der Waals surface area contributed by atoms with Crippen molar-refractivity contribution in [1.82, 2.24) is 0 Å². The fourth-order valence-corrected chi connectivity index (χ4v) is 1.73. The Balaban J connectivity index is 3.42. The predicted octanol–water partition coefficient (Wildman–Crippen LogP) is 2.81. The van der Waals surface area contributed by atoms with Crippen LogP contribution in [0, 0.1) is 13.8 Å². The Morgan fingerprint density at radius 2 is 2.13 bits per heavy atom. The molecule has 3 nitrogen and oxygen atoms in total. The van der Waals surface area contributed by atoms with Crippen LogP contribution in [0.5, 0.6) is 0 Å². The zero-order valence-electron chi connectivity index (χ0n) is 9.42. The van der Waals surface area contributed by atoms with Crippen molar-refractivity contribution in [2.75, 3.05) is 5.73 Å². The number of nitrogen functional groups attached to an aromatic ring is 1. The maximum absolute atomic E-state index is 10.3. The van der Waals surface area contributed by atoms with E-state index < -0.39 is 0 Å². The standard InChI is InChI=1S/C12H16N2O/c1-4-5-10-6-8(2)11(13)9(3)12(10)14-7-15/h6H,4-5,13H2,1-3H3. The maximum atomic E-state index is 10.3. The van der Waals surface area contributed by atoms with E-state index in [4.69, 9.17) is 5.73 Å². The lowest BCUT2D eigenvalue weighted by Gasteiger charge is -2.12. The first-order chi connectivity index (χ1) is 7.11. The van der Waals surface area contributed by atoms with Gasteiger partial charge in [-0.05, 0) is 37.0 Å². The monoisotopic (exact) mass is 204 g/mol. The highest BCUT2D eigenvalue weighted by atomic mass is 16.1. The average molecular weight is 204 g/mol. The Labute approximate surface area is 90.0 Å². The van der Waals surface area contributed by atoms with E-state index in [1.54, 1.807) is 6.08 Å². The number of carbonyl (C=O) groups excluding carboxylic acids is 1. The molecule has 80 valence electrons. The number of aryl methyl sites for hydroxylation is 2. The second-order valence-corrected chi connectivity index (χ2v) is 3.69. The first kappa shape index (κ1) is 11.5. The molecule has 2 N–H and O–H groups in total. The van der Waals surface area contributed by atoms with Crippen molar-refractivity contribution in [1.29, 1.82) is 0 Å². The van der Waals surface area contributed by atoms with Crippen molar-refractivity contribution in [3.05, 3.63) is 22.8 Å². The molecule has 0 amide bonds. The summed E-state index contributed by atoms with van der Waals surface area (Å²) >= 11 is 0. The van der Waals surface area contributed by atoms with E-state index in [0.717, 1.165) is 29.5 Å². The summed E-state index contributed by atoms with van der Waals surface area (Å²) in [6.07, 6.45) is 3.51. The van der Waals surface area contributed by atoms with Crippen LogP contribution in [0.2, 0.25) is 0 Å². The number of isocyanates is 1. The molecule has 0 saturated carbocycles. The Morgan fingerprint density at radius 3 is 2.67 bits per heavy atom. The van der Waals surface area contributed by atoms with Crippen LogP contribution in [0.15, 0.2) is 11.1 Å². The highest BCUT2D eigenvalue weighted by molar-refractivity contribution is 5.69. The largest absolute Gasteiger partial charge is 0.398 e. The first-order valence-corrected chi connectivity index (χ1v) is 5.08. The van der Waals surface area contributed by atoms with E-state index in [-0.39, 0.29) is 0 Å².